The number of amides is 1. The van der Waals surface area contributed by atoms with Gasteiger partial charge in [0.2, 0.25) is 0 Å². The lowest BCUT2D eigenvalue weighted by atomic mass is 10.1. The van der Waals surface area contributed by atoms with Gasteiger partial charge in [0.1, 0.15) is 11.1 Å². The van der Waals surface area contributed by atoms with Gasteiger partial charge in [-0.25, -0.2) is 4.98 Å². The van der Waals surface area contributed by atoms with Crippen LogP contribution in [0, 0.1) is 18.3 Å². The summed E-state index contributed by atoms with van der Waals surface area (Å²) in [5.74, 6) is -0.223. The van der Waals surface area contributed by atoms with Crippen LogP contribution in [0.15, 0.2) is 53.9 Å². The number of aromatic nitrogens is 1. The van der Waals surface area contributed by atoms with Gasteiger partial charge in [-0.1, -0.05) is 23.7 Å². The van der Waals surface area contributed by atoms with Gasteiger partial charge in [0.25, 0.3) is 5.91 Å². The van der Waals surface area contributed by atoms with Gasteiger partial charge in [-0.3, -0.25) is 4.79 Å². The summed E-state index contributed by atoms with van der Waals surface area (Å²) in [6.45, 7) is 1.89. The summed E-state index contributed by atoms with van der Waals surface area (Å²) in [4.78, 5) is 16.7. The molecule has 0 saturated carbocycles. The van der Waals surface area contributed by atoms with Crippen LogP contribution in [0.2, 0.25) is 5.02 Å². The van der Waals surface area contributed by atoms with E-state index in [1.165, 1.54) is 11.3 Å². The van der Waals surface area contributed by atoms with Crippen LogP contribution >= 0.6 is 22.9 Å². The summed E-state index contributed by atoms with van der Waals surface area (Å²) in [5.41, 5.74) is 3.35. The fourth-order valence-electron chi connectivity index (χ4n) is 2.30. The SMILES string of the molecule is Cc1csc(/C(C#N)=C/c2cccc(NC(=O)c3ccc(Cl)cc3)c2)n1. The topological polar surface area (TPSA) is 65.8 Å². The van der Waals surface area contributed by atoms with Crippen LogP contribution in [0.3, 0.4) is 0 Å². The predicted octanol–water partition coefficient (Wildman–Crippen LogP) is 5.42. The van der Waals surface area contributed by atoms with Gasteiger partial charge >= 0.3 is 0 Å². The third-order valence-electron chi connectivity index (χ3n) is 3.53. The highest BCUT2D eigenvalue weighted by molar-refractivity contribution is 7.11. The molecule has 0 aliphatic heterocycles. The van der Waals surface area contributed by atoms with E-state index in [9.17, 15) is 10.1 Å². The molecule has 3 rings (SSSR count). The number of aryl methyl sites for hydroxylation is 1. The van der Waals surface area contributed by atoms with Gasteiger partial charge in [-0.15, -0.1) is 11.3 Å². The van der Waals surface area contributed by atoms with Crippen LogP contribution in [0.1, 0.15) is 26.6 Å². The van der Waals surface area contributed by atoms with Crippen LogP contribution in [0.4, 0.5) is 5.69 Å². The van der Waals surface area contributed by atoms with E-state index in [-0.39, 0.29) is 5.91 Å². The quantitative estimate of drug-likeness (QED) is 0.615. The van der Waals surface area contributed by atoms with E-state index in [4.69, 9.17) is 11.6 Å². The van der Waals surface area contributed by atoms with Crippen LogP contribution in [-0.4, -0.2) is 10.9 Å². The molecular formula is C20H14ClN3OS. The molecule has 0 atom stereocenters. The number of nitrogens with one attached hydrogen (secondary N) is 1. The molecule has 26 heavy (non-hydrogen) atoms. The first kappa shape index (κ1) is 17.9. The molecule has 0 spiro atoms. The van der Waals surface area contributed by atoms with Crippen molar-refractivity contribution in [3.63, 3.8) is 0 Å². The molecule has 0 fully saturated rings. The predicted molar refractivity (Wildman–Crippen MR) is 106 cm³/mol. The Morgan fingerprint density at radius 3 is 2.69 bits per heavy atom. The van der Waals surface area contributed by atoms with Gasteiger partial charge in [-0.2, -0.15) is 5.26 Å². The second-order valence-electron chi connectivity index (χ2n) is 5.55. The summed E-state index contributed by atoms with van der Waals surface area (Å²) in [5, 5.41) is 15.4. The standard InChI is InChI=1S/C20H14ClN3OS/c1-13-12-26-20(23-13)16(11-22)9-14-3-2-4-18(10-14)24-19(25)15-5-7-17(21)8-6-15/h2-10,12H,1H3,(H,24,25)/b16-9+. The Kier molecular flexibility index (Phi) is 5.47. The van der Waals surface area contributed by atoms with Crippen molar-refractivity contribution in [1.82, 2.24) is 4.98 Å². The lowest BCUT2D eigenvalue weighted by Gasteiger charge is -2.06. The summed E-state index contributed by atoms with van der Waals surface area (Å²) < 4.78 is 0. The molecule has 2 aromatic carbocycles. The number of carbonyl (C=O) groups excluding carboxylic acids is 1. The molecule has 1 aromatic heterocycles. The van der Waals surface area contributed by atoms with Crippen LogP contribution < -0.4 is 5.32 Å². The molecule has 1 N–H and O–H groups in total. The number of allylic oxidation sites excluding steroid dienone is 1. The van der Waals surface area contributed by atoms with Crippen molar-refractivity contribution in [2.24, 2.45) is 0 Å². The molecule has 0 aliphatic rings. The maximum Gasteiger partial charge on any atom is 0.255 e. The molecule has 0 bridgehead atoms. The first-order valence-electron chi connectivity index (χ1n) is 7.76. The highest BCUT2D eigenvalue weighted by Gasteiger charge is 2.08. The number of benzene rings is 2. The van der Waals surface area contributed by atoms with Gasteiger partial charge in [0.15, 0.2) is 0 Å². The highest BCUT2D eigenvalue weighted by Crippen LogP contribution is 2.23. The molecular weight excluding hydrogens is 366 g/mol. The molecule has 128 valence electrons. The van der Waals surface area contributed by atoms with Crippen molar-refractivity contribution in [1.29, 1.82) is 5.26 Å². The Labute approximate surface area is 160 Å². The van der Waals surface area contributed by atoms with E-state index in [2.05, 4.69) is 16.4 Å². The van der Waals surface area contributed by atoms with Gasteiger partial charge < -0.3 is 5.32 Å². The number of halogens is 1. The van der Waals surface area contributed by atoms with Crippen molar-refractivity contribution < 1.29 is 4.79 Å². The van der Waals surface area contributed by atoms with E-state index in [1.54, 1.807) is 36.4 Å². The third kappa shape index (κ3) is 4.37. The molecule has 0 unspecified atom stereocenters. The lowest BCUT2D eigenvalue weighted by Crippen LogP contribution is -2.11. The second kappa shape index (κ2) is 7.96. The first-order valence-corrected chi connectivity index (χ1v) is 9.02. The Bertz CT molecular complexity index is 1020. The lowest BCUT2D eigenvalue weighted by molar-refractivity contribution is 0.102. The molecule has 0 radical (unpaired) electrons. The van der Waals surface area contributed by atoms with Crippen molar-refractivity contribution in [3.05, 3.63) is 80.8 Å². The largest absolute Gasteiger partial charge is 0.322 e. The van der Waals surface area contributed by atoms with Gasteiger partial charge in [0, 0.05) is 27.3 Å². The number of anilines is 1. The monoisotopic (exact) mass is 379 g/mol. The number of thiazole rings is 1. The molecule has 4 nitrogen and oxygen atoms in total. The average molecular weight is 380 g/mol. The molecule has 0 saturated heterocycles. The zero-order valence-electron chi connectivity index (χ0n) is 13.9. The van der Waals surface area contributed by atoms with Crippen molar-refractivity contribution in [2.45, 2.75) is 6.92 Å². The Morgan fingerprint density at radius 2 is 2.04 bits per heavy atom. The molecule has 1 heterocycles. The minimum Gasteiger partial charge on any atom is -0.322 e. The van der Waals surface area contributed by atoms with Crippen molar-refractivity contribution in [3.8, 4) is 6.07 Å². The second-order valence-corrected chi connectivity index (χ2v) is 6.84. The first-order chi connectivity index (χ1) is 12.5. The Morgan fingerprint density at radius 1 is 1.27 bits per heavy atom. The minimum atomic E-state index is -0.223. The molecule has 1 amide bonds. The van der Waals surface area contributed by atoms with Crippen LogP contribution in [0.25, 0.3) is 11.6 Å². The fraction of sp³-hybridized carbons (Fsp3) is 0.0500. The summed E-state index contributed by atoms with van der Waals surface area (Å²) in [6, 6.07) is 16.2. The maximum atomic E-state index is 12.3. The number of hydrogen-bond donors (Lipinski definition) is 1. The van der Waals surface area contributed by atoms with Crippen LogP contribution in [0.5, 0.6) is 0 Å². The number of nitriles is 1. The Balaban J connectivity index is 1.81. The summed E-state index contributed by atoms with van der Waals surface area (Å²) in [7, 11) is 0. The van der Waals surface area contributed by atoms with Crippen molar-refractivity contribution in [2.75, 3.05) is 5.32 Å². The van der Waals surface area contributed by atoms with E-state index in [0.29, 0.717) is 26.9 Å². The van der Waals surface area contributed by atoms with Gasteiger partial charge in [0.05, 0.1) is 5.57 Å². The third-order valence-corrected chi connectivity index (χ3v) is 4.78. The average Bonchev–Trinajstić information content (AvgIpc) is 3.06. The van der Waals surface area contributed by atoms with E-state index < -0.39 is 0 Å². The zero-order chi connectivity index (χ0) is 18.5. The normalized spacial score (nSPS) is 11.0. The van der Waals surface area contributed by atoms with Crippen LogP contribution in [-0.2, 0) is 0 Å². The molecule has 3 aromatic rings. The highest BCUT2D eigenvalue weighted by atomic mass is 35.5. The summed E-state index contributed by atoms with van der Waals surface area (Å²) >= 11 is 7.28. The van der Waals surface area contributed by atoms with Crippen molar-refractivity contribution >= 4 is 46.2 Å². The minimum absolute atomic E-state index is 0.223. The fourth-order valence-corrected chi connectivity index (χ4v) is 3.19. The summed E-state index contributed by atoms with van der Waals surface area (Å²) in [6.07, 6.45) is 1.76. The Hall–Kier alpha value is -2.94. The number of hydrogen-bond acceptors (Lipinski definition) is 4. The number of carbonyl (C=O) groups is 1. The maximum absolute atomic E-state index is 12.3. The zero-order valence-corrected chi connectivity index (χ0v) is 15.4. The number of nitrogens with zero attached hydrogens (tertiary/aromatic N) is 2. The smallest absolute Gasteiger partial charge is 0.255 e. The van der Waals surface area contributed by atoms with E-state index in [1.807, 2.05) is 30.5 Å². The van der Waals surface area contributed by atoms with E-state index >= 15 is 0 Å². The molecule has 0 aliphatic carbocycles. The number of rotatable bonds is 4. The molecule has 6 heteroatoms. The van der Waals surface area contributed by atoms with Gasteiger partial charge in [-0.05, 0) is 55.0 Å². The van der Waals surface area contributed by atoms with E-state index in [0.717, 1.165) is 11.3 Å².